The molecular formula is C10H19NO3. The lowest BCUT2D eigenvalue weighted by molar-refractivity contribution is -0.143. The van der Waals surface area contributed by atoms with Crippen LogP contribution in [0.4, 0.5) is 0 Å². The maximum absolute atomic E-state index is 11.0. The van der Waals surface area contributed by atoms with Gasteiger partial charge in [-0.3, -0.25) is 4.79 Å². The second kappa shape index (κ2) is 5.98. The summed E-state index contributed by atoms with van der Waals surface area (Å²) in [5.41, 5.74) is 0. The lowest BCUT2D eigenvalue weighted by Crippen LogP contribution is -2.36. The number of carbonyl (C=O) groups excluding carboxylic acids is 1. The van der Waals surface area contributed by atoms with Crippen molar-refractivity contribution in [2.75, 3.05) is 13.2 Å². The van der Waals surface area contributed by atoms with Crippen LogP contribution in [0.5, 0.6) is 0 Å². The van der Waals surface area contributed by atoms with E-state index in [1.54, 1.807) is 6.92 Å². The SMILES string of the molecule is CCOC(=O)CCN[C@H]1CCC[C@@H]1O. The minimum Gasteiger partial charge on any atom is -0.466 e. The van der Waals surface area contributed by atoms with Gasteiger partial charge in [0.2, 0.25) is 0 Å². The average molecular weight is 201 g/mol. The fourth-order valence-corrected chi connectivity index (χ4v) is 1.77. The summed E-state index contributed by atoms with van der Waals surface area (Å²) < 4.78 is 4.79. The molecule has 82 valence electrons. The molecule has 4 heteroatoms. The predicted molar refractivity (Wildman–Crippen MR) is 52.9 cm³/mol. The number of aliphatic hydroxyl groups excluding tert-OH is 1. The highest BCUT2D eigenvalue weighted by Crippen LogP contribution is 2.18. The Bertz CT molecular complexity index is 184. The number of ether oxygens (including phenoxy) is 1. The molecule has 1 saturated carbocycles. The second-order valence-corrected chi connectivity index (χ2v) is 3.61. The molecule has 0 radical (unpaired) electrons. The van der Waals surface area contributed by atoms with Crippen molar-refractivity contribution in [2.45, 2.75) is 44.8 Å². The van der Waals surface area contributed by atoms with Crippen LogP contribution in [0.2, 0.25) is 0 Å². The number of aliphatic hydroxyl groups is 1. The summed E-state index contributed by atoms with van der Waals surface area (Å²) in [5.74, 6) is -0.174. The number of hydrogen-bond donors (Lipinski definition) is 2. The van der Waals surface area contributed by atoms with E-state index in [9.17, 15) is 9.90 Å². The van der Waals surface area contributed by atoms with E-state index in [0.29, 0.717) is 19.6 Å². The summed E-state index contributed by atoms with van der Waals surface area (Å²) >= 11 is 0. The van der Waals surface area contributed by atoms with Crippen LogP contribution >= 0.6 is 0 Å². The van der Waals surface area contributed by atoms with E-state index < -0.39 is 0 Å². The van der Waals surface area contributed by atoms with Crippen molar-refractivity contribution in [2.24, 2.45) is 0 Å². The minimum absolute atomic E-state index is 0.171. The quantitative estimate of drug-likeness (QED) is 0.634. The third-order valence-electron chi connectivity index (χ3n) is 2.52. The van der Waals surface area contributed by atoms with Crippen LogP contribution in [0, 0.1) is 0 Å². The third kappa shape index (κ3) is 3.64. The largest absolute Gasteiger partial charge is 0.466 e. The van der Waals surface area contributed by atoms with E-state index in [2.05, 4.69) is 5.32 Å². The third-order valence-corrected chi connectivity index (χ3v) is 2.52. The van der Waals surface area contributed by atoms with Crippen molar-refractivity contribution in [3.8, 4) is 0 Å². The Morgan fingerprint density at radius 2 is 2.36 bits per heavy atom. The van der Waals surface area contributed by atoms with Crippen LogP contribution in [0.25, 0.3) is 0 Å². The Labute approximate surface area is 84.6 Å². The van der Waals surface area contributed by atoms with Gasteiger partial charge in [-0.05, 0) is 26.2 Å². The Hall–Kier alpha value is -0.610. The van der Waals surface area contributed by atoms with E-state index >= 15 is 0 Å². The Kier molecular flexibility index (Phi) is 4.90. The van der Waals surface area contributed by atoms with Gasteiger partial charge in [-0.1, -0.05) is 0 Å². The van der Waals surface area contributed by atoms with Gasteiger partial charge in [0.05, 0.1) is 19.1 Å². The molecule has 1 aliphatic carbocycles. The molecule has 14 heavy (non-hydrogen) atoms. The summed E-state index contributed by atoms with van der Waals surface area (Å²) in [7, 11) is 0. The monoisotopic (exact) mass is 201 g/mol. The molecule has 1 rings (SSSR count). The van der Waals surface area contributed by atoms with Crippen LogP contribution in [-0.2, 0) is 9.53 Å². The molecule has 0 aromatic rings. The molecule has 0 bridgehead atoms. The van der Waals surface area contributed by atoms with Gasteiger partial charge >= 0.3 is 5.97 Å². The van der Waals surface area contributed by atoms with E-state index in [0.717, 1.165) is 19.3 Å². The zero-order valence-electron chi connectivity index (χ0n) is 8.66. The number of carbonyl (C=O) groups is 1. The smallest absolute Gasteiger partial charge is 0.307 e. The van der Waals surface area contributed by atoms with E-state index in [1.165, 1.54) is 0 Å². The van der Waals surface area contributed by atoms with Gasteiger partial charge in [0.25, 0.3) is 0 Å². The number of nitrogens with one attached hydrogen (secondary N) is 1. The van der Waals surface area contributed by atoms with Crippen LogP contribution in [0.15, 0.2) is 0 Å². The zero-order chi connectivity index (χ0) is 10.4. The fourth-order valence-electron chi connectivity index (χ4n) is 1.77. The molecule has 0 saturated heterocycles. The summed E-state index contributed by atoms with van der Waals surface area (Å²) in [4.78, 5) is 11.0. The van der Waals surface area contributed by atoms with Gasteiger partial charge in [-0.15, -0.1) is 0 Å². The molecule has 1 fully saturated rings. The van der Waals surface area contributed by atoms with Crippen molar-refractivity contribution >= 4 is 5.97 Å². The molecule has 0 aromatic carbocycles. The van der Waals surface area contributed by atoms with Crippen molar-refractivity contribution in [1.29, 1.82) is 0 Å². The molecular weight excluding hydrogens is 182 g/mol. The molecule has 0 unspecified atom stereocenters. The van der Waals surface area contributed by atoms with Gasteiger partial charge in [0.1, 0.15) is 0 Å². The first-order valence-electron chi connectivity index (χ1n) is 5.31. The topological polar surface area (TPSA) is 58.6 Å². The van der Waals surface area contributed by atoms with Crippen molar-refractivity contribution in [1.82, 2.24) is 5.32 Å². The van der Waals surface area contributed by atoms with Gasteiger partial charge in [-0.25, -0.2) is 0 Å². The lowest BCUT2D eigenvalue weighted by Gasteiger charge is -2.15. The highest BCUT2D eigenvalue weighted by molar-refractivity contribution is 5.69. The molecule has 0 spiro atoms. The summed E-state index contributed by atoms with van der Waals surface area (Å²) in [5, 5.41) is 12.6. The summed E-state index contributed by atoms with van der Waals surface area (Å²) in [6.07, 6.45) is 3.09. The number of rotatable bonds is 5. The van der Waals surface area contributed by atoms with E-state index in [1.807, 2.05) is 0 Å². The van der Waals surface area contributed by atoms with Gasteiger partial charge in [0, 0.05) is 12.6 Å². The minimum atomic E-state index is -0.239. The Morgan fingerprint density at radius 3 is 2.93 bits per heavy atom. The van der Waals surface area contributed by atoms with Crippen molar-refractivity contribution < 1.29 is 14.6 Å². The lowest BCUT2D eigenvalue weighted by atomic mass is 10.2. The van der Waals surface area contributed by atoms with Crippen LogP contribution < -0.4 is 5.32 Å². The highest BCUT2D eigenvalue weighted by atomic mass is 16.5. The van der Waals surface area contributed by atoms with E-state index in [4.69, 9.17) is 4.74 Å². The normalized spacial score (nSPS) is 26.4. The average Bonchev–Trinajstić information content (AvgIpc) is 2.52. The van der Waals surface area contributed by atoms with E-state index in [-0.39, 0.29) is 18.1 Å². The van der Waals surface area contributed by atoms with Crippen LogP contribution in [-0.4, -0.2) is 36.4 Å². The maximum Gasteiger partial charge on any atom is 0.307 e. The molecule has 1 aliphatic rings. The second-order valence-electron chi connectivity index (χ2n) is 3.61. The fraction of sp³-hybridized carbons (Fsp3) is 0.900. The Morgan fingerprint density at radius 1 is 1.57 bits per heavy atom. The predicted octanol–water partition coefficient (Wildman–Crippen LogP) is 0.443. The van der Waals surface area contributed by atoms with Gasteiger partial charge < -0.3 is 15.2 Å². The van der Waals surface area contributed by atoms with Crippen LogP contribution in [0.1, 0.15) is 32.6 Å². The zero-order valence-corrected chi connectivity index (χ0v) is 8.66. The molecule has 4 nitrogen and oxygen atoms in total. The highest BCUT2D eigenvalue weighted by Gasteiger charge is 2.24. The molecule has 2 atom stereocenters. The number of hydrogen-bond acceptors (Lipinski definition) is 4. The summed E-state index contributed by atoms with van der Waals surface area (Å²) in [6, 6.07) is 0.171. The Balaban J connectivity index is 2.06. The van der Waals surface area contributed by atoms with Crippen molar-refractivity contribution in [3.05, 3.63) is 0 Å². The summed E-state index contributed by atoms with van der Waals surface area (Å²) in [6.45, 7) is 2.83. The maximum atomic E-state index is 11.0. The first-order chi connectivity index (χ1) is 6.74. The van der Waals surface area contributed by atoms with Gasteiger partial charge in [-0.2, -0.15) is 0 Å². The standard InChI is InChI=1S/C10H19NO3/c1-2-14-10(13)6-7-11-8-4-3-5-9(8)12/h8-9,11-12H,2-7H2,1H3/t8-,9-/m0/s1. The first kappa shape index (κ1) is 11.5. The van der Waals surface area contributed by atoms with Crippen molar-refractivity contribution in [3.63, 3.8) is 0 Å². The van der Waals surface area contributed by atoms with Crippen LogP contribution in [0.3, 0.4) is 0 Å². The van der Waals surface area contributed by atoms with Gasteiger partial charge in [0.15, 0.2) is 0 Å². The molecule has 0 heterocycles. The molecule has 0 aromatic heterocycles. The molecule has 0 amide bonds. The first-order valence-corrected chi connectivity index (χ1v) is 5.31. The number of esters is 1. The molecule has 2 N–H and O–H groups in total. The molecule has 0 aliphatic heterocycles.